The first kappa shape index (κ1) is 13.4. The maximum atomic E-state index is 11.8. The zero-order valence-electron chi connectivity index (χ0n) is 10.3. The normalized spacial score (nSPS) is 11.9. The standard InChI is InChI=1S/C15H13ClO3/c1-10(16)15(18)13-9-12(7-8-14(13)17)19-11-5-3-2-4-6-11/h2-10,17H,1H3. The Balaban J connectivity index is 2.29. The number of alkyl halides is 1. The number of benzene rings is 2. The van der Waals surface area contributed by atoms with Crippen LogP contribution >= 0.6 is 11.6 Å². The maximum absolute atomic E-state index is 11.8. The number of para-hydroxylation sites is 1. The number of phenolic OH excluding ortho intramolecular Hbond substituents is 1. The molecule has 0 saturated heterocycles. The molecule has 3 nitrogen and oxygen atoms in total. The van der Waals surface area contributed by atoms with Crippen LogP contribution in [-0.4, -0.2) is 16.3 Å². The van der Waals surface area contributed by atoms with Crippen molar-refractivity contribution in [2.24, 2.45) is 0 Å². The van der Waals surface area contributed by atoms with E-state index in [2.05, 4.69) is 0 Å². The molecule has 0 aliphatic carbocycles. The summed E-state index contributed by atoms with van der Waals surface area (Å²) in [5.74, 6) is 0.700. The fraction of sp³-hybridized carbons (Fsp3) is 0.133. The van der Waals surface area contributed by atoms with Crippen molar-refractivity contribution in [2.45, 2.75) is 12.3 Å². The van der Waals surface area contributed by atoms with Crippen molar-refractivity contribution in [1.29, 1.82) is 0 Å². The molecule has 0 aromatic heterocycles. The third kappa shape index (κ3) is 3.26. The van der Waals surface area contributed by atoms with Gasteiger partial charge in [-0.15, -0.1) is 11.6 Å². The molecule has 0 heterocycles. The monoisotopic (exact) mass is 276 g/mol. The average Bonchev–Trinajstić information content (AvgIpc) is 2.41. The van der Waals surface area contributed by atoms with Gasteiger partial charge in [-0.25, -0.2) is 0 Å². The minimum Gasteiger partial charge on any atom is -0.507 e. The van der Waals surface area contributed by atoms with Crippen molar-refractivity contribution in [1.82, 2.24) is 0 Å². The number of ether oxygens (including phenoxy) is 1. The number of hydrogen-bond donors (Lipinski definition) is 1. The van der Waals surface area contributed by atoms with Gasteiger partial charge in [0.25, 0.3) is 0 Å². The lowest BCUT2D eigenvalue weighted by molar-refractivity contribution is 0.0989. The van der Waals surface area contributed by atoms with Crippen molar-refractivity contribution >= 4 is 17.4 Å². The fourth-order valence-electron chi connectivity index (χ4n) is 1.61. The highest BCUT2D eigenvalue weighted by molar-refractivity contribution is 6.33. The Kier molecular flexibility index (Phi) is 4.07. The summed E-state index contributed by atoms with van der Waals surface area (Å²) in [5.41, 5.74) is 0.163. The maximum Gasteiger partial charge on any atom is 0.184 e. The molecule has 98 valence electrons. The van der Waals surface area contributed by atoms with Gasteiger partial charge in [-0.05, 0) is 37.3 Å². The van der Waals surface area contributed by atoms with Crippen LogP contribution in [0.1, 0.15) is 17.3 Å². The van der Waals surface area contributed by atoms with E-state index in [9.17, 15) is 9.90 Å². The molecule has 1 unspecified atom stereocenters. The summed E-state index contributed by atoms with van der Waals surface area (Å²) in [4.78, 5) is 11.8. The summed E-state index contributed by atoms with van der Waals surface area (Å²) in [7, 11) is 0. The lowest BCUT2D eigenvalue weighted by Gasteiger charge is -2.09. The van der Waals surface area contributed by atoms with Gasteiger partial charge in [-0.3, -0.25) is 4.79 Å². The first-order chi connectivity index (χ1) is 9.08. The van der Waals surface area contributed by atoms with E-state index in [-0.39, 0.29) is 17.1 Å². The molecule has 0 aliphatic rings. The molecule has 0 amide bonds. The van der Waals surface area contributed by atoms with Gasteiger partial charge in [0.05, 0.1) is 10.9 Å². The van der Waals surface area contributed by atoms with Crippen LogP contribution in [0.4, 0.5) is 0 Å². The minimum absolute atomic E-state index is 0.0992. The summed E-state index contributed by atoms with van der Waals surface area (Å²) >= 11 is 5.75. The van der Waals surface area contributed by atoms with Gasteiger partial charge < -0.3 is 9.84 Å². The lowest BCUT2D eigenvalue weighted by Crippen LogP contribution is -2.10. The van der Waals surface area contributed by atoms with E-state index in [0.29, 0.717) is 11.5 Å². The highest BCUT2D eigenvalue weighted by atomic mass is 35.5. The highest BCUT2D eigenvalue weighted by Crippen LogP contribution is 2.28. The average molecular weight is 277 g/mol. The molecular weight excluding hydrogens is 264 g/mol. The van der Waals surface area contributed by atoms with Crippen LogP contribution < -0.4 is 4.74 Å². The molecule has 0 bridgehead atoms. The Labute approximate surface area is 116 Å². The van der Waals surface area contributed by atoms with Crippen molar-refractivity contribution in [3.05, 3.63) is 54.1 Å². The quantitative estimate of drug-likeness (QED) is 0.678. The first-order valence-corrected chi connectivity index (χ1v) is 6.26. The van der Waals surface area contributed by atoms with Gasteiger partial charge in [0.2, 0.25) is 0 Å². The van der Waals surface area contributed by atoms with Gasteiger partial charge >= 0.3 is 0 Å². The van der Waals surface area contributed by atoms with Crippen LogP contribution in [0, 0.1) is 0 Å². The number of rotatable bonds is 4. The number of ketones is 1. The molecule has 0 aliphatic heterocycles. The van der Waals surface area contributed by atoms with E-state index in [4.69, 9.17) is 16.3 Å². The van der Waals surface area contributed by atoms with E-state index in [1.54, 1.807) is 25.1 Å². The Morgan fingerprint density at radius 3 is 2.47 bits per heavy atom. The van der Waals surface area contributed by atoms with Crippen LogP contribution in [-0.2, 0) is 0 Å². The van der Waals surface area contributed by atoms with E-state index < -0.39 is 5.38 Å². The molecule has 19 heavy (non-hydrogen) atoms. The van der Waals surface area contributed by atoms with Crippen LogP contribution in [0.2, 0.25) is 0 Å². The number of phenols is 1. The summed E-state index contributed by atoms with van der Waals surface area (Å²) in [6.07, 6.45) is 0. The smallest absolute Gasteiger partial charge is 0.184 e. The topological polar surface area (TPSA) is 46.5 Å². The molecule has 0 fully saturated rings. The fourth-order valence-corrected chi connectivity index (χ4v) is 1.73. The van der Waals surface area contributed by atoms with Gasteiger partial charge in [0.1, 0.15) is 17.2 Å². The van der Waals surface area contributed by atoms with Gasteiger partial charge in [0, 0.05) is 0 Å². The van der Waals surface area contributed by atoms with E-state index in [1.165, 1.54) is 12.1 Å². The largest absolute Gasteiger partial charge is 0.507 e. The van der Waals surface area contributed by atoms with E-state index in [0.717, 1.165) is 0 Å². The first-order valence-electron chi connectivity index (χ1n) is 5.82. The Morgan fingerprint density at radius 1 is 1.16 bits per heavy atom. The molecule has 4 heteroatoms. The van der Waals surface area contributed by atoms with Gasteiger partial charge in [-0.1, -0.05) is 18.2 Å². The molecule has 2 aromatic rings. The molecule has 2 rings (SSSR count). The molecule has 1 atom stereocenters. The Bertz CT molecular complexity index is 579. The summed E-state index contributed by atoms with van der Waals surface area (Å²) in [6, 6.07) is 13.7. The third-order valence-electron chi connectivity index (χ3n) is 2.57. The summed E-state index contributed by atoms with van der Waals surface area (Å²) in [5, 5.41) is 8.99. The number of Topliss-reactive ketones (excluding diaryl/α,β-unsaturated/α-hetero) is 1. The van der Waals surface area contributed by atoms with Crippen LogP contribution in [0.3, 0.4) is 0 Å². The third-order valence-corrected chi connectivity index (χ3v) is 2.77. The Hall–Kier alpha value is -2.00. The van der Waals surface area contributed by atoms with Gasteiger partial charge in [0.15, 0.2) is 5.78 Å². The molecule has 0 radical (unpaired) electrons. The van der Waals surface area contributed by atoms with E-state index in [1.807, 2.05) is 18.2 Å². The second-order valence-electron chi connectivity index (χ2n) is 4.07. The highest BCUT2D eigenvalue weighted by Gasteiger charge is 2.17. The molecular formula is C15H13ClO3. The molecule has 1 N–H and O–H groups in total. The van der Waals surface area contributed by atoms with Crippen LogP contribution in [0.25, 0.3) is 0 Å². The molecule has 0 spiro atoms. The summed E-state index contributed by atoms with van der Waals surface area (Å²) in [6.45, 7) is 1.56. The number of carbonyl (C=O) groups is 1. The van der Waals surface area contributed by atoms with Crippen molar-refractivity contribution in [3.63, 3.8) is 0 Å². The number of halogens is 1. The minimum atomic E-state index is -0.696. The number of hydrogen-bond acceptors (Lipinski definition) is 3. The second kappa shape index (κ2) is 5.76. The van der Waals surface area contributed by atoms with Crippen molar-refractivity contribution < 1.29 is 14.6 Å². The lowest BCUT2D eigenvalue weighted by atomic mass is 10.1. The van der Waals surface area contributed by atoms with Gasteiger partial charge in [-0.2, -0.15) is 0 Å². The molecule has 2 aromatic carbocycles. The number of aromatic hydroxyl groups is 1. The predicted molar refractivity (Wildman–Crippen MR) is 74.3 cm³/mol. The molecule has 0 saturated carbocycles. The Morgan fingerprint density at radius 2 is 1.84 bits per heavy atom. The SMILES string of the molecule is CC(Cl)C(=O)c1cc(Oc2ccccc2)ccc1O. The van der Waals surface area contributed by atoms with E-state index >= 15 is 0 Å². The predicted octanol–water partition coefficient (Wildman–Crippen LogP) is 3.99. The van der Waals surface area contributed by atoms with Crippen molar-refractivity contribution in [3.8, 4) is 17.2 Å². The second-order valence-corrected chi connectivity index (χ2v) is 4.73. The van der Waals surface area contributed by atoms with Crippen molar-refractivity contribution in [2.75, 3.05) is 0 Å². The number of carbonyl (C=O) groups excluding carboxylic acids is 1. The zero-order chi connectivity index (χ0) is 13.8. The zero-order valence-corrected chi connectivity index (χ0v) is 11.1. The van der Waals surface area contributed by atoms with Crippen LogP contribution in [0.5, 0.6) is 17.2 Å². The summed E-state index contributed by atoms with van der Waals surface area (Å²) < 4.78 is 5.60. The van der Waals surface area contributed by atoms with Crippen LogP contribution in [0.15, 0.2) is 48.5 Å².